The summed E-state index contributed by atoms with van der Waals surface area (Å²) >= 11 is 0. The largest absolute Gasteiger partial charge is 0.0704 e. The number of hydrogen-bond acceptors (Lipinski definition) is 0. The highest BCUT2D eigenvalue weighted by atomic mass is 14.4. The van der Waals surface area contributed by atoms with E-state index < -0.39 is 0 Å². The van der Waals surface area contributed by atoms with Crippen LogP contribution in [0.25, 0.3) is 0 Å². The summed E-state index contributed by atoms with van der Waals surface area (Å²) in [6.07, 6.45) is 16.5. The van der Waals surface area contributed by atoms with E-state index in [0.29, 0.717) is 0 Å². The van der Waals surface area contributed by atoms with Gasteiger partial charge in [-0.15, -0.1) is 0 Å². The predicted molar refractivity (Wildman–Crippen MR) is 64.8 cm³/mol. The van der Waals surface area contributed by atoms with Gasteiger partial charge in [-0.25, -0.2) is 0 Å². The van der Waals surface area contributed by atoms with Gasteiger partial charge in [0.15, 0.2) is 0 Å². The molecule has 2 saturated carbocycles. The normalized spacial score (nSPS) is 33.2. The van der Waals surface area contributed by atoms with Gasteiger partial charge < -0.3 is 0 Å². The second-order valence-electron chi connectivity index (χ2n) is 5.98. The van der Waals surface area contributed by atoms with Gasteiger partial charge in [0.1, 0.15) is 0 Å². The van der Waals surface area contributed by atoms with Gasteiger partial charge in [0.2, 0.25) is 0 Å². The van der Waals surface area contributed by atoms with Crippen molar-refractivity contribution in [3.8, 4) is 0 Å². The van der Waals surface area contributed by atoms with E-state index >= 15 is 0 Å². The number of allylic oxidation sites excluding steroid dienone is 2. The third-order valence-corrected chi connectivity index (χ3v) is 4.95. The molecule has 0 spiro atoms. The Morgan fingerprint density at radius 3 is 2.07 bits per heavy atom. The van der Waals surface area contributed by atoms with Crippen LogP contribution in [0.5, 0.6) is 0 Å². The summed E-state index contributed by atoms with van der Waals surface area (Å²) in [5.74, 6) is 2.10. The van der Waals surface area contributed by atoms with Crippen molar-refractivity contribution < 1.29 is 0 Å². The lowest BCUT2D eigenvalue weighted by Gasteiger charge is -2.24. The standard InChI is InChI=1S/C15H24/c1-2-4-6-13(7-5-3-1)15-11-12-8-9-14(15)10-12/h12-13H,1-11H2. The van der Waals surface area contributed by atoms with Gasteiger partial charge in [-0.05, 0) is 50.4 Å². The first-order valence-corrected chi connectivity index (χ1v) is 7.14. The fourth-order valence-corrected chi connectivity index (χ4v) is 4.11. The zero-order chi connectivity index (χ0) is 10.1. The molecule has 0 nitrogen and oxygen atoms in total. The summed E-state index contributed by atoms with van der Waals surface area (Å²) in [5, 5.41) is 0. The smallest absolute Gasteiger partial charge is 0.0200 e. The molecule has 0 N–H and O–H groups in total. The van der Waals surface area contributed by atoms with E-state index in [9.17, 15) is 0 Å². The molecule has 3 aliphatic rings. The molecule has 84 valence electrons. The van der Waals surface area contributed by atoms with Crippen molar-refractivity contribution in [3.63, 3.8) is 0 Å². The summed E-state index contributed by atoms with van der Waals surface area (Å²) in [6, 6.07) is 0. The number of fused-ring (bicyclic) bond motifs is 2. The van der Waals surface area contributed by atoms with Gasteiger partial charge >= 0.3 is 0 Å². The molecule has 15 heavy (non-hydrogen) atoms. The van der Waals surface area contributed by atoms with E-state index in [0.717, 1.165) is 11.8 Å². The molecule has 0 aromatic carbocycles. The van der Waals surface area contributed by atoms with Gasteiger partial charge in [0.05, 0.1) is 0 Å². The fourth-order valence-electron chi connectivity index (χ4n) is 4.11. The first-order valence-electron chi connectivity index (χ1n) is 7.14. The molecule has 0 amide bonds. The molecule has 0 saturated heterocycles. The van der Waals surface area contributed by atoms with Crippen LogP contribution in [0.3, 0.4) is 0 Å². The molecule has 0 heteroatoms. The zero-order valence-corrected chi connectivity index (χ0v) is 9.93. The molecule has 1 atom stereocenters. The Morgan fingerprint density at radius 1 is 0.733 bits per heavy atom. The first-order chi connectivity index (χ1) is 7.43. The number of hydrogen-bond donors (Lipinski definition) is 0. The topological polar surface area (TPSA) is 0 Å². The van der Waals surface area contributed by atoms with Crippen LogP contribution in [0.2, 0.25) is 0 Å². The lowest BCUT2D eigenvalue weighted by atomic mass is 9.81. The van der Waals surface area contributed by atoms with Crippen molar-refractivity contribution in [2.75, 3.05) is 0 Å². The second kappa shape index (κ2) is 4.31. The van der Waals surface area contributed by atoms with E-state index in [-0.39, 0.29) is 0 Å². The highest BCUT2D eigenvalue weighted by Gasteiger charge is 2.33. The zero-order valence-electron chi connectivity index (χ0n) is 9.93. The van der Waals surface area contributed by atoms with Crippen LogP contribution < -0.4 is 0 Å². The monoisotopic (exact) mass is 204 g/mol. The summed E-state index contributed by atoms with van der Waals surface area (Å²) in [4.78, 5) is 0. The highest BCUT2D eigenvalue weighted by Crippen LogP contribution is 2.48. The van der Waals surface area contributed by atoms with Crippen molar-refractivity contribution in [1.82, 2.24) is 0 Å². The van der Waals surface area contributed by atoms with Crippen LogP contribution in [0.15, 0.2) is 11.1 Å². The van der Waals surface area contributed by atoms with Gasteiger partial charge in [0, 0.05) is 0 Å². The van der Waals surface area contributed by atoms with Crippen molar-refractivity contribution in [2.45, 2.75) is 70.6 Å². The lowest BCUT2D eigenvalue weighted by Crippen LogP contribution is -2.09. The molecule has 3 rings (SSSR count). The maximum Gasteiger partial charge on any atom is -0.0200 e. The molecule has 0 aromatic heterocycles. The SMILES string of the molecule is C1CCCC(C2=C3CCC(C3)C2)CCC1. The fraction of sp³-hybridized carbons (Fsp3) is 0.867. The summed E-state index contributed by atoms with van der Waals surface area (Å²) in [6.45, 7) is 0. The maximum absolute atomic E-state index is 1.95. The average Bonchev–Trinajstić information content (AvgIpc) is 2.78. The van der Waals surface area contributed by atoms with Gasteiger partial charge in [0.25, 0.3) is 0 Å². The second-order valence-corrected chi connectivity index (χ2v) is 5.98. The van der Waals surface area contributed by atoms with Gasteiger partial charge in [-0.3, -0.25) is 0 Å². The van der Waals surface area contributed by atoms with Gasteiger partial charge in [-0.2, -0.15) is 0 Å². The predicted octanol–water partition coefficient (Wildman–Crippen LogP) is 4.85. The quantitative estimate of drug-likeness (QED) is 0.536. The summed E-state index contributed by atoms with van der Waals surface area (Å²) in [7, 11) is 0. The van der Waals surface area contributed by atoms with Crippen LogP contribution in [-0.2, 0) is 0 Å². The highest BCUT2D eigenvalue weighted by molar-refractivity contribution is 5.27. The number of rotatable bonds is 1. The Labute approximate surface area is 94.1 Å². The molecule has 2 fully saturated rings. The third-order valence-electron chi connectivity index (χ3n) is 4.95. The van der Waals surface area contributed by atoms with Crippen LogP contribution in [0, 0.1) is 11.8 Å². The van der Waals surface area contributed by atoms with E-state index in [4.69, 9.17) is 0 Å². The van der Waals surface area contributed by atoms with Crippen LogP contribution >= 0.6 is 0 Å². The summed E-state index contributed by atoms with van der Waals surface area (Å²) in [5.41, 5.74) is 3.86. The molecule has 0 aromatic rings. The first kappa shape index (κ1) is 9.93. The molecule has 1 unspecified atom stereocenters. The molecule has 3 aliphatic carbocycles. The van der Waals surface area contributed by atoms with E-state index in [1.807, 2.05) is 11.1 Å². The van der Waals surface area contributed by atoms with Crippen LogP contribution in [0.4, 0.5) is 0 Å². The molecule has 2 bridgehead atoms. The Kier molecular flexibility index (Phi) is 2.86. The Morgan fingerprint density at radius 2 is 1.47 bits per heavy atom. The van der Waals surface area contributed by atoms with Crippen LogP contribution in [0.1, 0.15) is 70.6 Å². The van der Waals surface area contributed by atoms with E-state index in [2.05, 4.69) is 0 Å². The summed E-state index contributed by atoms with van der Waals surface area (Å²) < 4.78 is 0. The molecular weight excluding hydrogens is 180 g/mol. The Balaban J connectivity index is 1.69. The molecular formula is C15H24. The van der Waals surface area contributed by atoms with Crippen molar-refractivity contribution in [3.05, 3.63) is 11.1 Å². The Hall–Kier alpha value is -0.260. The minimum absolute atomic E-state index is 1.02. The van der Waals surface area contributed by atoms with Gasteiger partial charge in [-0.1, -0.05) is 43.3 Å². The van der Waals surface area contributed by atoms with Crippen molar-refractivity contribution in [1.29, 1.82) is 0 Å². The van der Waals surface area contributed by atoms with Crippen LogP contribution in [-0.4, -0.2) is 0 Å². The Bertz CT molecular complexity index is 253. The molecule has 0 aliphatic heterocycles. The minimum Gasteiger partial charge on any atom is -0.0704 e. The van der Waals surface area contributed by atoms with E-state index in [1.165, 1.54) is 70.6 Å². The molecule has 0 heterocycles. The van der Waals surface area contributed by atoms with E-state index in [1.54, 1.807) is 0 Å². The lowest BCUT2D eigenvalue weighted by molar-refractivity contribution is 0.399. The van der Waals surface area contributed by atoms with Crippen molar-refractivity contribution >= 4 is 0 Å². The average molecular weight is 204 g/mol. The maximum atomic E-state index is 1.95. The molecule has 0 radical (unpaired) electrons. The minimum atomic E-state index is 1.02. The third kappa shape index (κ3) is 2.00. The van der Waals surface area contributed by atoms with Crippen molar-refractivity contribution in [2.24, 2.45) is 11.8 Å².